The van der Waals surface area contributed by atoms with Crippen LogP contribution in [-0.2, 0) is 0 Å². The molecule has 0 aromatic heterocycles. The molecule has 0 spiro atoms. The van der Waals surface area contributed by atoms with Crippen LogP contribution < -0.4 is 11.1 Å². The largest absolute Gasteiger partial charge is 0.404 e. The number of nitrogens with one attached hydrogen (secondary N) is 2. The van der Waals surface area contributed by atoms with E-state index >= 15 is 0 Å². The molecule has 0 saturated heterocycles. The predicted molar refractivity (Wildman–Crippen MR) is 72.5 cm³/mol. The van der Waals surface area contributed by atoms with E-state index in [0.29, 0.717) is 5.25 Å². The molecule has 1 rings (SSSR count). The predicted octanol–water partition coefficient (Wildman–Crippen LogP) is 2.24. The Morgan fingerprint density at radius 3 is 2.88 bits per heavy atom. The number of thioether (sulfide) groups is 1. The average molecular weight is 237 g/mol. The van der Waals surface area contributed by atoms with E-state index in [1.54, 1.807) is 11.8 Å². The highest BCUT2D eigenvalue weighted by Gasteiger charge is 2.22. The van der Waals surface area contributed by atoms with Gasteiger partial charge in [-0.2, -0.15) is 0 Å². The minimum absolute atomic E-state index is 0.280. The van der Waals surface area contributed by atoms with Crippen molar-refractivity contribution in [3.63, 3.8) is 0 Å². The summed E-state index contributed by atoms with van der Waals surface area (Å²) in [5, 5.41) is 13.2. The third-order valence-corrected chi connectivity index (χ3v) is 4.05. The third-order valence-electron chi connectivity index (χ3n) is 2.76. The number of allylic oxidation sites excluding steroid dienone is 2. The fourth-order valence-corrected chi connectivity index (χ4v) is 2.72. The molecule has 4 heteroatoms. The summed E-state index contributed by atoms with van der Waals surface area (Å²) in [6.45, 7) is 8.88. The minimum atomic E-state index is 0.280. The maximum absolute atomic E-state index is 7.28. The molecular weight excluding hydrogens is 218 g/mol. The Morgan fingerprint density at radius 2 is 2.50 bits per heavy atom. The van der Waals surface area contributed by atoms with Crippen molar-refractivity contribution in [2.45, 2.75) is 19.1 Å². The van der Waals surface area contributed by atoms with E-state index < -0.39 is 0 Å². The van der Waals surface area contributed by atoms with Crippen LogP contribution in [-0.4, -0.2) is 18.0 Å². The van der Waals surface area contributed by atoms with Crippen molar-refractivity contribution in [1.29, 1.82) is 5.41 Å². The monoisotopic (exact) mass is 237 g/mol. The van der Waals surface area contributed by atoms with E-state index in [1.807, 2.05) is 6.92 Å². The van der Waals surface area contributed by atoms with E-state index in [-0.39, 0.29) is 5.92 Å². The van der Waals surface area contributed by atoms with Gasteiger partial charge in [-0.25, -0.2) is 0 Å². The molecule has 88 valence electrons. The van der Waals surface area contributed by atoms with Crippen LogP contribution in [0.4, 0.5) is 0 Å². The molecule has 1 heterocycles. The van der Waals surface area contributed by atoms with Crippen molar-refractivity contribution in [2.24, 2.45) is 11.7 Å². The molecule has 0 aromatic rings. The van der Waals surface area contributed by atoms with Crippen LogP contribution in [0, 0.1) is 11.3 Å². The summed E-state index contributed by atoms with van der Waals surface area (Å²) in [6, 6.07) is 0. The van der Waals surface area contributed by atoms with E-state index in [2.05, 4.69) is 24.2 Å². The Balaban J connectivity index is 2.67. The van der Waals surface area contributed by atoms with Crippen molar-refractivity contribution in [2.75, 3.05) is 6.54 Å². The smallest absolute Gasteiger partial charge is 0.0428 e. The molecule has 3 nitrogen and oxygen atoms in total. The van der Waals surface area contributed by atoms with E-state index in [4.69, 9.17) is 11.1 Å². The highest BCUT2D eigenvalue weighted by Crippen LogP contribution is 2.29. The first kappa shape index (κ1) is 12.9. The Morgan fingerprint density at radius 1 is 1.81 bits per heavy atom. The molecule has 1 aliphatic heterocycles. The maximum atomic E-state index is 7.28. The lowest BCUT2D eigenvalue weighted by molar-refractivity contribution is 0.615. The van der Waals surface area contributed by atoms with Gasteiger partial charge in [0.1, 0.15) is 0 Å². The van der Waals surface area contributed by atoms with Crippen molar-refractivity contribution in [3.05, 3.63) is 35.0 Å². The zero-order valence-electron chi connectivity index (χ0n) is 9.79. The lowest BCUT2D eigenvalue weighted by Gasteiger charge is -2.28. The quantitative estimate of drug-likeness (QED) is 0.657. The Hall–Kier alpha value is -1.16. The van der Waals surface area contributed by atoms with Crippen molar-refractivity contribution in [1.82, 2.24) is 5.32 Å². The minimum Gasteiger partial charge on any atom is -0.404 e. The number of hydrogen-bond acceptors (Lipinski definition) is 4. The van der Waals surface area contributed by atoms with Crippen LogP contribution >= 0.6 is 11.8 Å². The van der Waals surface area contributed by atoms with Crippen LogP contribution in [0.1, 0.15) is 13.8 Å². The van der Waals surface area contributed by atoms with Crippen molar-refractivity contribution in [3.8, 4) is 0 Å². The number of rotatable bonds is 4. The molecule has 4 N–H and O–H groups in total. The van der Waals surface area contributed by atoms with Gasteiger partial charge in [-0.05, 0) is 35.6 Å². The van der Waals surface area contributed by atoms with Gasteiger partial charge in [-0.1, -0.05) is 13.5 Å². The second-order valence-corrected chi connectivity index (χ2v) is 5.08. The molecule has 0 fully saturated rings. The fraction of sp³-hybridized carbons (Fsp3) is 0.417. The molecule has 0 saturated carbocycles. The first-order valence-electron chi connectivity index (χ1n) is 5.27. The summed E-state index contributed by atoms with van der Waals surface area (Å²) in [4.78, 5) is 0. The summed E-state index contributed by atoms with van der Waals surface area (Å²) < 4.78 is 0. The Bertz CT molecular complexity index is 344. The molecule has 0 radical (unpaired) electrons. The van der Waals surface area contributed by atoms with E-state index in [0.717, 1.165) is 23.4 Å². The van der Waals surface area contributed by atoms with Crippen LogP contribution in [0.2, 0.25) is 0 Å². The molecule has 0 bridgehead atoms. The summed E-state index contributed by atoms with van der Waals surface area (Å²) in [6.07, 6.45) is 2.86. The van der Waals surface area contributed by atoms with Crippen LogP contribution in [0.3, 0.4) is 0 Å². The zero-order valence-corrected chi connectivity index (χ0v) is 10.6. The lowest BCUT2D eigenvalue weighted by atomic mass is 9.98. The second kappa shape index (κ2) is 5.80. The summed E-state index contributed by atoms with van der Waals surface area (Å²) in [7, 11) is 0. The summed E-state index contributed by atoms with van der Waals surface area (Å²) in [5.74, 6) is 0.280. The average Bonchev–Trinajstić information content (AvgIpc) is 2.30. The van der Waals surface area contributed by atoms with Gasteiger partial charge in [-0.15, -0.1) is 11.8 Å². The molecule has 0 aromatic carbocycles. The van der Waals surface area contributed by atoms with Crippen LogP contribution in [0.15, 0.2) is 35.0 Å². The van der Waals surface area contributed by atoms with Gasteiger partial charge in [0, 0.05) is 23.7 Å². The van der Waals surface area contributed by atoms with Gasteiger partial charge in [0.15, 0.2) is 0 Å². The Labute approximate surface area is 101 Å². The highest BCUT2D eigenvalue weighted by atomic mass is 32.2. The van der Waals surface area contributed by atoms with Crippen LogP contribution in [0.25, 0.3) is 0 Å². The van der Waals surface area contributed by atoms with Gasteiger partial charge in [0.05, 0.1) is 0 Å². The Kier molecular flexibility index (Phi) is 4.68. The number of nitrogens with two attached hydrogens (primary N) is 1. The molecule has 0 aliphatic carbocycles. The molecule has 1 aliphatic rings. The van der Waals surface area contributed by atoms with Crippen LogP contribution in [0.5, 0.6) is 0 Å². The molecule has 2 atom stereocenters. The zero-order chi connectivity index (χ0) is 12.1. The van der Waals surface area contributed by atoms with E-state index in [1.165, 1.54) is 12.4 Å². The summed E-state index contributed by atoms with van der Waals surface area (Å²) in [5.41, 5.74) is 8.54. The van der Waals surface area contributed by atoms with Gasteiger partial charge >= 0.3 is 0 Å². The molecule has 2 unspecified atom stereocenters. The van der Waals surface area contributed by atoms with Crippen molar-refractivity contribution >= 4 is 18.0 Å². The normalized spacial score (nSPS) is 23.0. The molecular formula is C12H19N3S. The standard InChI is InChI=1S/C12H19N3S/c1-8(2)11-7-16-12(6-15-11)9(3)10(4-13)5-14/h4-5,7,9,12-13,15H,1,6,14H2,2-3H3/b10-5+,13-4?. The first-order chi connectivity index (χ1) is 7.60. The topological polar surface area (TPSA) is 61.9 Å². The van der Waals surface area contributed by atoms with Gasteiger partial charge in [0.25, 0.3) is 0 Å². The van der Waals surface area contributed by atoms with Gasteiger partial charge in [0.2, 0.25) is 0 Å². The fourth-order valence-electron chi connectivity index (χ4n) is 1.55. The summed E-state index contributed by atoms with van der Waals surface area (Å²) >= 11 is 1.78. The van der Waals surface area contributed by atoms with E-state index in [9.17, 15) is 0 Å². The third kappa shape index (κ3) is 2.92. The second-order valence-electron chi connectivity index (χ2n) is 3.97. The number of hydrogen-bond donors (Lipinski definition) is 3. The molecule has 16 heavy (non-hydrogen) atoms. The SMILES string of the molecule is C=C(C)C1=CSC(C(C)/C(C=N)=C/N)CN1. The lowest BCUT2D eigenvalue weighted by Crippen LogP contribution is -2.33. The molecule has 0 amide bonds. The first-order valence-corrected chi connectivity index (χ1v) is 6.22. The van der Waals surface area contributed by atoms with Gasteiger partial charge in [-0.3, -0.25) is 0 Å². The van der Waals surface area contributed by atoms with Gasteiger partial charge < -0.3 is 16.5 Å². The highest BCUT2D eigenvalue weighted by molar-refractivity contribution is 8.02. The van der Waals surface area contributed by atoms with Crippen molar-refractivity contribution < 1.29 is 0 Å². The maximum Gasteiger partial charge on any atom is 0.0428 e.